The minimum atomic E-state index is -4.51. The van der Waals surface area contributed by atoms with Crippen LogP contribution in [0.2, 0.25) is 0 Å². The van der Waals surface area contributed by atoms with E-state index in [4.69, 9.17) is 17.2 Å². The van der Waals surface area contributed by atoms with Gasteiger partial charge in [0, 0.05) is 31.1 Å². The largest absolute Gasteiger partial charge is 0.477 e. The maximum absolute atomic E-state index is 13.5. The van der Waals surface area contributed by atoms with E-state index in [2.05, 4.69) is 10.3 Å². The molecule has 238 valence electrons. The van der Waals surface area contributed by atoms with Gasteiger partial charge in [0.25, 0.3) is 0 Å². The molecule has 1 aromatic heterocycles. The molecular formula is C31H40F3N6O4+. The fraction of sp³-hybridized carbons (Fsp3) is 0.419. The molecule has 2 atom stereocenters. The number of aromatic nitrogens is 1. The standard InChI is InChI=1S/C31H39F3N6O4/c32-31(33,34)24-9-7-21(8-10-24)17-27(28(41)18-22-16-23-4-1-2-6-26(23)38-19-22)39-30(44)25(37)5-3-13-40(14-11-35,15-12-36)20-29(42)43/h1-2,4,6-10,16,19,25,27H,3,5,11-15,17-18,20,35-37H2,(H-,39,42,43,44)/p+1/t25-,27+/m0/s1. The van der Waals surface area contributed by atoms with Crippen LogP contribution in [0.25, 0.3) is 10.9 Å². The number of ketones is 1. The van der Waals surface area contributed by atoms with Crippen molar-refractivity contribution in [3.63, 3.8) is 0 Å². The van der Waals surface area contributed by atoms with Crippen LogP contribution in [0.3, 0.4) is 0 Å². The quantitative estimate of drug-likeness (QED) is 0.143. The number of nitrogens with one attached hydrogen (secondary N) is 1. The van der Waals surface area contributed by atoms with E-state index >= 15 is 0 Å². The Kier molecular flexibility index (Phi) is 12.3. The summed E-state index contributed by atoms with van der Waals surface area (Å²) in [5, 5.41) is 12.9. The third kappa shape index (κ3) is 10.1. The van der Waals surface area contributed by atoms with Crippen LogP contribution in [0.1, 0.15) is 29.5 Å². The minimum Gasteiger partial charge on any atom is -0.477 e. The molecule has 0 saturated carbocycles. The van der Waals surface area contributed by atoms with Gasteiger partial charge < -0.3 is 32.1 Å². The zero-order valence-electron chi connectivity index (χ0n) is 24.4. The molecule has 8 N–H and O–H groups in total. The molecular weight excluding hydrogens is 577 g/mol. The van der Waals surface area contributed by atoms with E-state index in [9.17, 15) is 32.7 Å². The molecule has 0 saturated heterocycles. The second-order valence-electron chi connectivity index (χ2n) is 11.0. The average Bonchev–Trinajstić information content (AvgIpc) is 2.96. The highest BCUT2D eigenvalue weighted by molar-refractivity contribution is 5.92. The van der Waals surface area contributed by atoms with Crippen LogP contribution in [0.4, 0.5) is 13.2 Å². The van der Waals surface area contributed by atoms with Gasteiger partial charge in [-0.1, -0.05) is 30.3 Å². The van der Waals surface area contributed by atoms with E-state index in [1.54, 1.807) is 6.20 Å². The zero-order chi connectivity index (χ0) is 32.3. The first-order valence-electron chi connectivity index (χ1n) is 14.4. The lowest BCUT2D eigenvalue weighted by molar-refractivity contribution is -0.919. The van der Waals surface area contributed by atoms with Gasteiger partial charge in [-0.05, 0) is 54.7 Å². The highest BCUT2D eigenvalue weighted by Gasteiger charge is 2.32. The number of nitrogens with two attached hydrogens (primary N) is 3. The number of Topliss-reactive ketones (excluding diaryl/α,β-unsaturated/α-hetero) is 1. The number of carboxylic acid groups (broad SMARTS) is 1. The first-order valence-corrected chi connectivity index (χ1v) is 14.4. The van der Waals surface area contributed by atoms with E-state index in [0.29, 0.717) is 37.2 Å². The average molecular weight is 618 g/mol. The van der Waals surface area contributed by atoms with Crippen molar-refractivity contribution in [1.82, 2.24) is 10.3 Å². The second kappa shape index (κ2) is 15.7. The number of hydrogen-bond acceptors (Lipinski definition) is 7. The van der Waals surface area contributed by atoms with Crippen LogP contribution in [0.15, 0.2) is 60.8 Å². The molecule has 44 heavy (non-hydrogen) atoms. The third-order valence-corrected chi connectivity index (χ3v) is 7.61. The second-order valence-corrected chi connectivity index (χ2v) is 11.0. The Bertz CT molecular complexity index is 1410. The molecule has 3 aromatic rings. The normalized spacial score (nSPS) is 13.4. The number of carbonyl (C=O) groups excluding carboxylic acids is 2. The maximum atomic E-state index is 13.5. The fourth-order valence-corrected chi connectivity index (χ4v) is 5.31. The van der Waals surface area contributed by atoms with E-state index in [0.717, 1.165) is 23.0 Å². The summed E-state index contributed by atoms with van der Waals surface area (Å²) < 4.78 is 39.4. The Labute approximate surface area is 254 Å². The van der Waals surface area contributed by atoms with Gasteiger partial charge in [0.15, 0.2) is 12.3 Å². The molecule has 0 unspecified atom stereocenters. The summed E-state index contributed by atoms with van der Waals surface area (Å²) in [5.41, 5.74) is 18.6. The van der Waals surface area contributed by atoms with Crippen molar-refractivity contribution in [3.8, 4) is 0 Å². The van der Waals surface area contributed by atoms with Gasteiger partial charge in [-0.25, -0.2) is 4.79 Å². The molecule has 0 aliphatic heterocycles. The Morgan fingerprint density at radius 3 is 2.23 bits per heavy atom. The predicted octanol–water partition coefficient (Wildman–Crippen LogP) is 2.02. The number of aliphatic carboxylic acids is 1. The molecule has 2 aromatic carbocycles. The maximum Gasteiger partial charge on any atom is 0.416 e. The van der Waals surface area contributed by atoms with Crippen LogP contribution in [0.5, 0.6) is 0 Å². The van der Waals surface area contributed by atoms with E-state index in [1.807, 2.05) is 30.3 Å². The molecule has 0 aliphatic rings. The van der Waals surface area contributed by atoms with Crippen LogP contribution < -0.4 is 22.5 Å². The lowest BCUT2D eigenvalue weighted by Crippen LogP contribution is -2.56. The fourth-order valence-electron chi connectivity index (χ4n) is 5.31. The van der Waals surface area contributed by atoms with Gasteiger partial charge >= 0.3 is 12.1 Å². The Hall–Kier alpha value is -3.91. The van der Waals surface area contributed by atoms with Gasteiger partial charge in [-0.3, -0.25) is 14.6 Å². The van der Waals surface area contributed by atoms with Crippen molar-refractivity contribution in [3.05, 3.63) is 77.5 Å². The highest BCUT2D eigenvalue weighted by atomic mass is 19.4. The monoisotopic (exact) mass is 617 g/mol. The number of quaternary nitrogens is 1. The first kappa shape index (κ1) is 34.6. The Balaban J connectivity index is 1.73. The number of halogens is 3. The number of alkyl halides is 3. The lowest BCUT2D eigenvalue weighted by atomic mass is 9.96. The SMILES string of the molecule is NCC[N+](CCN)(CCC[C@H](N)C(=O)N[C@H](Cc1ccc(C(F)(F)F)cc1)C(=O)Cc1cnc2ccccc2c1)CC(=O)O. The summed E-state index contributed by atoms with van der Waals surface area (Å²) in [5.74, 6) is -1.94. The molecule has 0 radical (unpaired) electrons. The van der Waals surface area contributed by atoms with Crippen LogP contribution in [-0.2, 0) is 33.4 Å². The number of amides is 1. The van der Waals surface area contributed by atoms with Crippen molar-refractivity contribution in [1.29, 1.82) is 0 Å². The molecule has 10 nitrogen and oxygen atoms in total. The third-order valence-electron chi connectivity index (χ3n) is 7.61. The number of pyridine rings is 1. The number of carbonyl (C=O) groups is 3. The van der Waals surface area contributed by atoms with Gasteiger partial charge in [0.05, 0.1) is 42.8 Å². The molecule has 0 fully saturated rings. The van der Waals surface area contributed by atoms with Crippen molar-refractivity contribution in [2.75, 3.05) is 39.3 Å². The topological polar surface area (TPSA) is 174 Å². The zero-order valence-corrected chi connectivity index (χ0v) is 24.4. The smallest absolute Gasteiger partial charge is 0.416 e. The number of benzene rings is 2. The number of nitrogens with zero attached hydrogens (tertiary/aromatic N) is 2. The van der Waals surface area contributed by atoms with E-state index < -0.39 is 35.7 Å². The number of para-hydroxylation sites is 1. The molecule has 0 bridgehead atoms. The summed E-state index contributed by atoms with van der Waals surface area (Å²) in [6.45, 7) is 1.56. The minimum absolute atomic E-state index is 0.0396. The predicted molar refractivity (Wildman–Crippen MR) is 160 cm³/mol. The van der Waals surface area contributed by atoms with Crippen LogP contribution in [-0.4, -0.2) is 83.6 Å². The summed E-state index contributed by atoms with van der Waals surface area (Å²) in [6, 6.07) is 11.6. The number of carboxylic acids is 1. The van der Waals surface area contributed by atoms with Gasteiger partial charge in [0.2, 0.25) is 5.91 Å². The number of hydrogen-bond donors (Lipinski definition) is 5. The van der Waals surface area contributed by atoms with Gasteiger partial charge in [-0.2, -0.15) is 13.2 Å². The van der Waals surface area contributed by atoms with Crippen LogP contribution in [0, 0.1) is 0 Å². The Morgan fingerprint density at radius 1 is 0.955 bits per heavy atom. The molecule has 1 heterocycles. The molecule has 0 aliphatic carbocycles. The van der Waals surface area contributed by atoms with Crippen LogP contribution >= 0.6 is 0 Å². The lowest BCUT2D eigenvalue weighted by Gasteiger charge is -2.37. The van der Waals surface area contributed by atoms with Gasteiger partial charge in [-0.15, -0.1) is 0 Å². The summed E-state index contributed by atoms with van der Waals surface area (Å²) in [7, 11) is 0. The summed E-state index contributed by atoms with van der Waals surface area (Å²) >= 11 is 0. The van der Waals surface area contributed by atoms with E-state index in [1.165, 1.54) is 12.1 Å². The Morgan fingerprint density at radius 2 is 1.61 bits per heavy atom. The molecule has 0 spiro atoms. The summed E-state index contributed by atoms with van der Waals surface area (Å²) in [6.07, 6.45) is -2.42. The van der Waals surface area contributed by atoms with Crippen molar-refractivity contribution in [2.45, 2.75) is 43.9 Å². The molecule has 3 rings (SSSR count). The highest BCUT2D eigenvalue weighted by Crippen LogP contribution is 2.29. The van der Waals surface area contributed by atoms with Crippen molar-refractivity contribution < 1.29 is 37.1 Å². The van der Waals surface area contributed by atoms with Crippen molar-refractivity contribution >= 4 is 28.6 Å². The number of rotatable bonds is 17. The summed E-state index contributed by atoms with van der Waals surface area (Å²) in [4.78, 5) is 42.5. The number of fused-ring (bicyclic) bond motifs is 1. The van der Waals surface area contributed by atoms with E-state index in [-0.39, 0.29) is 49.2 Å². The van der Waals surface area contributed by atoms with Gasteiger partial charge in [0.1, 0.15) is 0 Å². The molecule has 1 amide bonds. The first-order chi connectivity index (χ1) is 20.9. The van der Waals surface area contributed by atoms with Crippen molar-refractivity contribution in [2.24, 2.45) is 17.2 Å². The molecule has 13 heteroatoms.